The van der Waals surface area contributed by atoms with Crippen molar-refractivity contribution in [2.75, 3.05) is 18.9 Å². The molecule has 1 heterocycles. The predicted octanol–water partition coefficient (Wildman–Crippen LogP) is 4.30. The fraction of sp³-hybridized carbons (Fsp3) is 0.292. The Morgan fingerprint density at radius 3 is 2.47 bits per heavy atom. The van der Waals surface area contributed by atoms with E-state index in [1.807, 2.05) is 43.3 Å². The zero-order valence-electron chi connectivity index (χ0n) is 17.9. The van der Waals surface area contributed by atoms with Gasteiger partial charge in [-0.1, -0.05) is 29.8 Å². The Kier molecular flexibility index (Phi) is 6.67. The standard InChI is InChI=1S/C24H27N3O3/c1-16-5-9-20(10-6-16)26-22(28)15-27(4)24(29)12-11-23-25-14-21(30-23)19-8-7-17(2)18(3)13-19/h5-10,13-14H,11-12,15H2,1-4H3,(H,26,28). The maximum absolute atomic E-state index is 12.4. The van der Waals surface area contributed by atoms with E-state index in [-0.39, 0.29) is 24.8 Å². The van der Waals surface area contributed by atoms with Crippen LogP contribution in [-0.4, -0.2) is 35.3 Å². The number of aryl methyl sites for hydroxylation is 4. The van der Waals surface area contributed by atoms with E-state index in [0.717, 1.165) is 11.1 Å². The van der Waals surface area contributed by atoms with Crippen LogP contribution in [0.5, 0.6) is 0 Å². The van der Waals surface area contributed by atoms with E-state index in [1.54, 1.807) is 13.2 Å². The number of hydrogen-bond donors (Lipinski definition) is 1. The lowest BCUT2D eigenvalue weighted by Gasteiger charge is -2.16. The summed E-state index contributed by atoms with van der Waals surface area (Å²) in [6, 6.07) is 13.6. The first kappa shape index (κ1) is 21.3. The number of anilines is 1. The third-order valence-electron chi connectivity index (χ3n) is 5.04. The summed E-state index contributed by atoms with van der Waals surface area (Å²) >= 11 is 0. The Bertz CT molecular complexity index is 1040. The Morgan fingerprint density at radius 2 is 1.77 bits per heavy atom. The molecule has 3 rings (SSSR count). The molecule has 0 atom stereocenters. The number of amides is 2. The number of carbonyl (C=O) groups excluding carboxylic acids is 2. The van der Waals surface area contributed by atoms with Crippen molar-refractivity contribution in [2.24, 2.45) is 0 Å². The second-order valence-corrected chi connectivity index (χ2v) is 7.58. The average Bonchev–Trinajstić information content (AvgIpc) is 3.19. The minimum Gasteiger partial charge on any atom is -0.441 e. The summed E-state index contributed by atoms with van der Waals surface area (Å²) in [4.78, 5) is 30.2. The number of rotatable bonds is 7. The van der Waals surface area contributed by atoms with Gasteiger partial charge in [-0.25, -0.2) is 4.98 Å². The molecule has 2 aromatic carbocycles. The van der Waals surface area contributed by atoms with Crippen molar-refractivity contribution in [3.05, 3.63) is 71.2 Å². The van der Waals surface area contributed by atoms with Crippen LogP contribution in [0, 0.1) is 20.8 Å². The van der Waals surface area contributed by atoms with Gasteiger partial charge in [0.25, 0.3) is 0 Å². The molecule has 0 aliphatic carbocycles. The van der Waals surface area contributed by atoms with Crippen LogP contribution in [0.1, 0.15) is 29.0 Å². The third-order valence-corrected chi connectivity index (χ3v) is 5.04. The number of hydrogen-bond acceptors (Lipinski definition) is 4. The molecule has 0 fully saturated rings. The monoisotopic (exact) mass is 405 g/mol. The molecule has 2 amide bonds. The van der Waals surface area contributed by atoms with Crippen LogP contribution in [0.25, 0.3) is 11.3 Å². The Morgan fingerprint density at radius 1 is 1.03 bits per heavy atom. The largest absolute Gasteiger partial charge is 0.441 e. The number of nitrogens with one attached hydrogen (secondary N) is 1. The number of aromatic nitrogens is 1. The van der Waals surface area contributed by atoms with Crippen molar-refractivity contribution < 1.29 is 14.0 Å². The summed E-state index contributed by atoms with van der Waals surface area (Å²) in [5.74, 6) is 0.823. The van der Waals surface area contributed by atoms with E-state index in [0.29, 0.717) is 23.8 Å². The van der Waals surface area contributed by atoms with Crippen LogP contribution in [-0.2, 0) is 16.0 Å². The fourth-order valence-electron chi connectivity index (χ4n) is 3.00. The highest BCUT2D eigenvalue weighted by Crippen LogP contribution is 2.23. The van der Waals surface area contributed by atoms with Crippen LogP contribution >= 0.6 is 0 Å². The van der Waals surface area contributed by atoms with Crippen molar-refractivity contribution in [2.45, 2.75) is 33.6 Å². The zero-order chi connectivity index (χ0) is 21.7. The fourth-order valence-corrected chi connectivity index (χ4v) is 3.00. The molecule has 0 bridgehead atoms. The second kappa shape index (κ2) is 9.39. The van der Waals surface area contributed by atoms with Gasteiger partial charge >= 0.3 is 0 Å². The third kappa shape index (κ3) is 5.56. The summed E-state index contributed by atoms with van der Waals surface area (Å²) < 4.78 is 5.80. The van der Waals surface area contributed by atoms with E-state index >= 15 is 0 Å². The molecule has 6 nitrogen and oxygen atoms in total. The summed E-state index contributed by atoms with van der Waals surface area (Å²) in [5.41, 5.74) is 5.20. The van der Waals surface area contributed by atoms with Gasteiger partial charge in [0.2, 0.25) is 11.8 Å². The van der Waals surface area contributed by atoms with Crippen molar-refractivity contribution in [1.29, 1.82) is 0 Å². The van der Waals surface area contributed by atoms with E-state index in [2.05, 4.69) is 30.2 Å². The summed E-state index contributed by atoms with van der Waals surface area (Å²) in [6.07, 6.45) is 2.29. The van der Waals surface area contributed by atoms with Crippen LogP contribution in [0.4, 0.5) is 5.69 Å². The SMILES string of the molecule is Cc1ccc(NC(=O)CN(C)C(=O)CCc2ncc(-c3ccc(C)c(C)c3)o2)cc1. The Hall–Kier alpha value is -3.41. The first-order valence-electron chi connectivity index (χ1n) is 9.94. The molecule has 1 aromatic heterocycles. The molecular weight excluding hydrogens is 378 g/mol. The van der Waals surface area contributed by atoms with Gasteiger partial charge in [-0.15, -0.1) is 0 Å². The molecule has 6 heteroatoms. The maximum atomic E-state index is 12.4. The highest BCUT2D eigenvalue weighted by Gasteiger charge is 2.15. The highest BCUT2D eigenvalue weighted by molar-refractivity contribution is 5.94. The van der Waals surface area contributed by atoms with Gasteiger partial charge in [0.05, 0.1) is 12.7 Å². The quantitative estimate of drug-likeness (QED) is 0.636. The number of carbonyl (C=O) groups is 2. The second-order valence-electron chi connectivity index (χ2n) is 7.58. The molecule has 156 valence electrons. The Balaban J connectivity index is 1.50. The first-order valence-corrected chi connectivity index (χ1v) is 9.94. The molecule has 0 radical (unpaired) electrons. The summed E-state index contributed by atoms with van der Waals surface area (Å²) in [7, 11) is 1.62. The average molecular weight is 405 g/mol. The number of likely N-dealkylation sites (N-methyl/N-ethyl adjacent to an activating group) is 1. The molecular formula is C24H27N3O3. The van der Waals surface area contributed by atoms with Gasteiger partial charge in [-0.3, -0.25) is 9.59 Å². The molecule has 3 aromatic rings. The van der Waals surface area contributed by atoms with Gasteiger partial charge < -0.3 is 14.6 Å². The van der Waals surface area contributed by atoms with Crippen LogP contribution in [0.3, 0.4) is 0 Å². The molecule has 0 saturated heterocycles. The van der Waals surface area contributed by atoms with Crippen molar-refractivity contribution >= 4 is 17.5 Å². The molecule has 0 unspecified atom stereocenters. The topological polar surface area (TPSA) is 75.4 Å². The van der Waals surface area contributed by atoms with Gasteiger partial charge in [0, 0.05) is 31.1 Å². The normalized spacial score (nSPS) is 10.7. The summed E-state index contributed by atoms with van der Waals surface area (Å²) in [5, 5.41) is 2.79. The van der Waals surface area contributed by atoms with Crippen LogP contribution in [0.2, 0.25) is 0 Å². The van der Waals surface area contributed by atoms with E-state index in [1.165, 1.54) is 16.0 Å². The van der Waals surface area contributed by atoms with Gasteiger partial charge in [-0.05, 0) is 50.1 Å². The lowest BCUT2D eigenvalue weighted by molar-refractivity contribution is -0.133. The van der Waals surface area contributed by atoms with Crippen molar-refractivity contribution in [3.63, 3.8) is 0 Å². The molecule has 30 heavy (non-hydrogen) atoms. The number of benzene rings is 2. The molecule has 0 spiro atoms. The predicted molar refractivity (Wildman–Crippen MR) is 117 cm³/mol. The highest BCUT2D eigenvalue weighted by atomic mass is 16.4. The zero-order valence-corrected chi connectivity index (χ0v) is 17.9. The molecule has 0 saturated carbocycles. The number of oxazole rings is 1. The number of nitrogens with zero attached hydrogens (tertiary/aromatic N) is 2. The van der Waals surface area contributed by atoms with Crippen LogP contribution < -0.4 is 5.32 Å². The van der Waals surface area contributed by atoms with E-state index in [4.69, 9.17) is 4.42 Å². The molecule has 1 N–H and O–H groups in total. The van der Waals surface area contributed by atoms with Crippen LogP contribution in [0.15, 0.2) is 53.1 Å². The van der Waals surface area contributed by atoms with Gasteiger partial charge in [-0.2, -0.15) is 0 Å². The summed E-state index contributed by atoms with van der Waals surface area (Å²) in [6.45, 7) is 6.09. The first-order chi connectivity index (χ1) is 14.3. The smallest absolute Gasteiger partial charge is 0.243 e. The minimum atomic E-state index is -0.233. The van der Waals surface area contributed by atoms with Gasteiger partial charge in [0.1, 0.15) is 0 Å². The van der Waals surface area contributed by atoms with Crippen molar-refractivity contribution in [1.82, 2.24) is 9.88 Å². The lowest BCUT2D eigenvalue weighted by atomic mass is 10.1. The van der Waals surface area contributed by atoms with Gasteiger partial charge in [0.15, 0.2) is 11.7 Å². The minimum absolute atomic E-state index is 0.00775. The van der Waals surface area contributed by atoms with E-state index < -0.39 is 0 Å². The molecule has 0 aliphatic rings. The molecule has 0 aliphatic heterocycles. The maximum Gasteiger partial charge on any atom is 0.243 e. The van der Waals surface area contributed by atoms with E-state index in [9.17, 15) is 9.59 Å². The van der Waals surface area contributed by atoms with Crippen molar-refractivity contribution in [3.8, 4) is 11.3 Å². The lowest BCUT2D eigenvalue weighted by Crippen LogP contribution is -2.35. The Labute approximate surface area is 176 Å².